The second kappa shape index (κ2) is 6.70. The molecule has 2 N–H and O–H groups in total. The number of benzene rings is 2. The van der Waals surface area contributed by atoms with Crippen LogP contribution < -0.4 is 10.6 Å². The largest absolute Gasteiger partial charge is 0.341 e. The van der Waals surface area contributed by atoms with E-state index >= 15 is 0 Å². The minimum atomic E-state index is -0.664. The minimum Gasteiger partial charge on any atom is -0.341 e. The lowest BCUT2D eigenvalue weighted by atomic mass is 10.1. The highest BCUT2D eigenvalue weighted by Gasteiger charge is 2.17. The molecule has 0 saturated carbocycles. The fourth-order valence-corrected chi connectivity index (χ4v) is 2.00. The molecule has 4 nitrogen and oxygen atoms in total. The van der Waals surface area contributed by atoms with Crippen LogP contribution in [0.1, 0.15) is 24.1 Å². The molecule has 0 radical (unpaired) electrons. The summed E-state index contributed by atoms with van der Waals surface area (Å²) in [5.41, 5.74) is 2.59. The van der Waals surface area contributed by atoms with E-state index in [0.29, 0.717) is 5.69 Å². The van der Waals surface area contributed by atoms with Gasteiger partial charge in [-0.05, 0) is 37.1 Å². The molecule has 2 aromatic carbocycles. The second-order valence-corrected chi connectivity index (χ2v) is 4.93. The summed E-state index contributed by atoms with van der Waals surface area (Å²) in [6.07, 6.45) is 0. The summed E-state index contributed by atoms with van der Waals surface area (Å²) in [5, 5.41) is 5.27. The Balaban J connectivity index is 1.95. The molecular formula is C17H18N2O2. The van der Waals surface area contributed by atoms with E-state index in [-0.39, 0.29) is 6.04 Å². The Morgan fingerprint density at radius 1 is 0.952 bits per heavy atom. The van der Waals surface area contributed by atoms with Crippen LogP contribution in [0.2, 0.25) is 0 Å². The van der Waals surface area contributed by atoms with Crippen LogP contribution in [-0.2, 0) is 9.59 Å². The van der Waals surface area contributed by atoms with Crippen molar-refractivity contribution in [2.45, 2.75) is 19.9 Å². The lowest BCUT2D eigenvalue weighted by Gasteiger charge is -2.14. The number of hydrogen-bond donors (Lipinski definition) is 2. The Kier molecular flexibility index (Phi) is 4.72. The number of nitrogens with one attached hydrogen (secondary N) is 2. The summed E-state index contributed by atoms with van der Waals surface area (Å²) in [6.45, 7) is 3.76. The summed E-state index contributed by atoms with van der Waals surface area (Å²) in [5.74, 6) is -1.31. The van der Waals surface area contributed by atoms with E-state index in [9.17, 15) is 9.59 Å². The SMILES string of the molecule is Cc1cccc(NC(=O)C(=O)N[C@H](C)c2ccccc2)c1. The van der Waals surface area contributed by atoms with E-state index in [2.05, 4.69) is 10.6 Å². The molecule has 0 heterocycles. The third-order valence-electron chi connectivity index (χ3n) is 3.13. The lowest BCUT2D eigenvalue weighted by molar-refractivity contribution is -0.136. The molecule has 0 unspecified atom stereocenters. The number of aryl methyl sites for hydroxylation is 1. The zero-order valence-corrected chi connectivity index (χ0v) is 12.1. The number of carbonyl (C=O) groups is 2. The molecular weight excluding hydrogens is 264 g/mol. The summed E-state index contributed by atoms with van der Waals surface area (Å²) >= 11 is 0. The first-order valence-electron chi connectivity index (χ1n) is 6.79. The van der Waals surface area contributed by atoms with Crippen LogP contribution in [0.4, 0.5) is 5.69 Å². The molecule has 2 aromatic rings. The van der Waals surface area contributed by atoms with Crippen LogP contribution in [0.3, 0.4) is 0 Å². The number of anilines is 1. The zero-order chi connectivity index (χ0) is 15.2. The van der Waals surface area contributed by atoms with Crippen LogP contribution in [-0.4, -0.2) is 11.8 Å². The Hall–Kier alpha value is -2.62. The van der Waals surface area contributed by atoms with Crippen molar-refractivity contribution in [1.29, 1.82) is 0 Å². The molecule has 2 amide bonds. The highest BCUT2D eigenvalue weighted by atomic mass is 16.2. The van der Waals surface area contributed by atoms with E-state index in [1.807, 2.05) is 62.4 Å². The van der Waals surface area contributed by atoms with Crippen LogP contribution >= 0.6 is 0 Å². The van der Waals surface area contributed by atoms with E-state index < -0.39 is 11.8 Å². The molecule has 0 aromatic heterocycles. The molecule has 108 valence electrons. The molecule has 0 saturated heterocycles. The van der Waals surface area contributed by atoms with Crippen molar-refractivity contribution < 1.29 is 9.59 Å². The molecule has 0 bridgehead atoms. The zero-order valence-electron chi connectivity index (χ0n) is 12.1. The normalized spacial score (nSPS) is 11.5. The number of hydrogen-bond acceptors (Lipinski definition) is 2. The maximum absolute atomic E-state index is 11.9. The Morgan fingerprint density at radius 3 is 2.33 bits per heavy atom. The summed E-state index contributed by atoms with van der Waals surface area (Å²) in [4.78, 5) is 23.8. The number of carbonyl (C=O) groups excluding carboxylic acids is 2. The minimum absolute atomic E-state index is 0.220. The van der Waals surface area contributed by atoms with Crippen molar-refractivity contribution in [3.63, 3.8) is 0 Å². The van der Waals surface area contributed by atoms with Gasteiger partial charge in [-0.1, -0.05) is 42.5 Å². The molecule has 21 heavy (non-hydrogen) atoms. The van der Waals surface area contributed by atoms with Gasteiger partial charge in [0.1, 0.15) is 0 Å². The molecule has 0 aliphatic rings. The van der Waals surface area contributed by atoms with Crippen molar-refractivity contribution in [1.82, 2.24) is 5.32 Å². The molecule has 1 atom stereocenters. The van der Waals surface area contributed by atoms with Crippen LogP contribution in [0.5, 0.6) is 0 Å². The first-order valence-corrected chi connectivity index (χ1v) is 6.79. The van der Waals surface area contributed by atoms with Gasteiger partial charge in [-0.2, -0.15) is 0 Å². The summed E-state index contributed by atoms with van der Waals surface area (Å²) in [6, 6.07) is 16.6. The van der Waals surface area contributed by atoms with Gasteiger partial charge < -0.3 is 10.6 Å². The predicted molar refractivity (Wildman–Crippen MR) is 82.8 cm³/mol. The van der Waals surface area contributed by atoms with E-state index in [4.69, 9.17) is 0 Å². The van der Waals surface area contributed by atoms with Gasteiger partial charge in [0.15, 0.2) is 0 Å². The first kappa shape index (κ1) is 14.8. The average molecular weight is 282 g/mol. The van der Waals surface area contributed by atoms with Crippen molar-refractivity contribution in [3.05, 3.63) is 65.7 Å². The quantitative estimate of drug-likeness (QED) is 0.850. The van der Waals surface area contributed by atoms with Crippen molar-refractivity contribution in [2.75, 3.05) is 5.32 Å². The molecule has 0 aliphatic carbocycles. The topological polar surface area (TPSA) is 58.2 Å². The molecule has 0 spiro atoms. The highest BCUT2D eigenvalue weighted by Crippen LogP contribution is 2.12. The Morgan fingerprint density at radius 2 is 1.67 bits per heavy atom. The summed E-state index contributed by atoms with van der Waals surface area (Å²) < 4.78 is 0. The highest BCUT2D eigenvalue weighted by molar-refractivity contribution is 6.39. The second-order valence-electron chi connectivity index (χ2n) is 4.93. The van der Waals surface area contributed by atoms with Gasteiger partial charge in [-0.15, -0.1) is 0 Å². The van der Waals surface area contributed by atoms with Gasteiger partial charge >= 0.3 is 11.8 Å². The lowest BCUT2D eigenvalue weighted by Crippen LogP contribution is -2.36. The third kappa shape index (κ3) is 4.18. The predicted octanol–water partition coefficient (Wildman–Crippen LogP) is 2.81. The van der Waals surface area contributed by atoms with Gasteiger partial charge in [0.05, 0.1) is 6.04 Å². The maximum Gasteiger partial charge on any atom is 0.313 e. The van der Waals surface area contributed by atoms with Gasteiger partial charge in [0.2, 0.25) is 0 Å². The Bertz CT molecular complexity index is 638. The average Bonchev–Trinajstić information content (AvgIpc) is 2.48. The van der Waals surface area contributed by atoms with Gasteiger partial charge in [-0.3, -0.25) is 9.59 Å². The van der Waals surface area contributed by atoms with Crippen molar-refractivity contribution >= 4 is 17.5 Å². The fraction of sp³-hybridized carbons (Fsp3) is 0.176. The first-order chi connectivity index (χ1) is 10.1. The van der Waals surface area contributed by atoms with Crippen molar-refractivity contribution in [3.8, 4) is 0 Å². The molecule has 0 fully saturated rings. The van der Waals surface area contributed by atoms with Gasteiger partial charge in [0, 0.05) is 5.69 Å². The maximum atomic E-state index is 11.9. The summed E-state index contributed by atoms with van der Waals surface area (Å²) in [7, 11) is 0. The van der Waals surface area contributed by atoms with Crippen LogP contribution in [0, 0.1) is 6.92 Å². The van der Waals surface area contributed by atoms with E-state index in [1.165, 1.54) is 0 Å². The monoisotopic (exact) mass is 282 g/mol. The molecule has 0 aliphatic heterocycles. The van der Waals surface area contributed by atoms with E-state index in [1.54, 1.807) is 6.07 Å². The van der Waals surface area contributed by atoms with Crippen LogP contribution in [0.25, 0.3) is 0 Å². The number of amides is 2. The molecule has 4 heteroatoms. The van der Waals surface area contributed by atoms with E-state index in [0.717, 1.165) is 11.1 Å². The van der Waals surface area contributed by atoms with Gasteiger partial charge in [-0.25, -0.2) is 0 Å². The van der Waals surface area contributed by atoms with Crippen LogP contribution in [0.15, 0.2) is 54.6 Å². The molecule has 2 rings (SSSR count). The fourth-order valence-electron chi connectivity index (χ4n) is 2.00. The third-order valence-corrected chi connectivity index (χ3v) is 3.13. The Labute approximate surface area is 124 Å². The standard InChI is InChI=1S/C17H18N2O2/c1-12-7-6-10-15(11-12)19-17(21)16(20)18-13(2)14-8-4-3-5-9-14/h3-11,13H,1-2H3,(H,18,20)(H,19,21)/t13-/m1/s1. The van der Waals surface area contributed by atoms with Crippen molar-refractivity contribution in [2.24, 2.45) is 0 Å². The van der Waals surface area contributed by atoms with Gasteiger partial charge in [0.25, 0.3) is 0 Å². The number of rotatable bonds is 3. The smallest absolute Gasteiger partial charge is 0.313 e.